The molecular formula is C19H28N2O2. The van der Waals surface area contributed by atoms with Crippen molar-refractivity contribution < 1.29 is 9.59 Å². The van der Waals surface area contributed by atoms with Crippen LogP contribution in [0.5, 0.6) is 0 Å². The van der Waals surface area contributed by atoms with Crippen LogP contribution in [0, 0.1) is 5.92 Å². The maximum atomic E-state index is 12.6. The predicted octanol–water partition coefficient (Wildman–Crippen LogP) is 3.66. The van der Waals surface area contributed by atoms with Crippen molar-refractivity contribution in [1.82, 2.24) is 5.32 Å². The van der Waals surface area contributed by atoms with Crippen LogP contribution in [-0.2, 0) is 16.0 Å². The number of amides is 2. The van der Waals surface area contributed by atoms with Crippen molar-refractivity contribution in [3.05, 3.63) is 29.8 Å². The first-order valence-electron chi connectivity index (χ1n) is 8.77. The lowest BCUT2D eigenvalue weighted by atomic mass is 9.97. The summed E-state index contributed by atoms with van der Waals surface area (Å²) in [6, 6.07) is 7.60. The van der Waals surface area contributed by atoms with Gasteiger partial charge in [0.2, 0.25) is 11.8 Å². The molecule has 0 radical (unpaired) electrons. The van der Waals surface area contributed by atoms with Gasteiger partial charge in [-0.15, -0.1) is 0 Å². The standard InChI is InChI=1S/C19H28N2O2/c1-3-4-7-15-10-12-17(13-11-15)21-19(23)18(20-14(2)22)16-8-5-6-9-16/h10-13,16,18H,3-9H2,1-2H3,(H,20,22)(H,21,23). The highest BCUT2D eigenvalue weighted by Gasteiger charge is 2.31. The van der Waals surface area contributed by atoms with E-state index in [9.17, 15) is 9.59 Å². The summed E-state index contributed by atoms with van der Waals surface area (Å²) in [4.78, 5) is 24.0. The van der Waals surface area contributed by atoms with E-state index in [1.54, 1.807) is 0 Å². The Labute approximate surface area is 139 Å². The Kier molecular flexibility index (Phi) is 6.63. The molecule has 0 bridgehead atoms. The van der Waals surface area contributed by atoms with Gasteiger partial charge >= 0.3 is 0 Å². The molecule has 2 rings (SSSR count). The minimum absolute atomic E-state index is 0.103. The van der Waals surface area contributed by atoms with Crippen LogP contribution in [0.4, 0.5) is 5.69 Å². The molecule has 4 heteroatoms. The molecule has 2 amide bonds. The first-order valence-corrected chi connectivity index (χ1v) is 8.77. The molecule has 1 aromatic rings. The number of unbranched alkanes of at least 4 members (excludes halogenated alkanes) is 1. The molecule has 1 aliphatic carbocycles. The maximum absolute atomic E-state index is 12.6. The van der Waals surface area contributed by atoms with Gasteiger partial charge in [-0.2, -0.15) is 0 Å². The zero-order chi connectivity index (χ0) is 16.7. The van der Waals surface area contributed by atoms with Gasteiger partial charge in [0.15, 0.2) is 0 Å². The molecular weight excluding hydrogens is 288 g/mol. The number of nitrogens with one attached hydrogen (secondary N) is 2. The summed E-state index contributed by atoms with van der Waals surface area (Å²) in [6.45, 7) is 3.65. The van der Waals surface area contributed by atoms with Crippen molar-refractivity contribution in [3.8, 4) is 0 Å². The second-order valence-electron chi connectivity index (χ2n) is 6.51. The minimum atomic E-state index is -0.422. The quantitative estimate of drug-likeness (QED) is 0.806. The van der Waals surface area contributed by atoms with Gasteiger partial charge in [0, 0.05) is 12.6 Å². The largest absolute Gasteiger partial charge is 0.344 e. The molecule has 1 saturated carbocycles. The molecule has 2 N–H and O–H groups in total. The molecule has 23 heavy (non-hydrogen) atoms. The summed E-state index contributed by atoms with van der Waals surface area (Å²) < 4.78 is 0. The Morgan fingerprint density at radius 1 is 1.17 bits per heavy atom. The zero-order valence-corrected chi connectivity index (χ0v) is 14.2. The Bertz CT molecular complexity index is 519. The van der Waals surface area contributed by atoms with Crippen LogP contribution in [0.1, 0.15) is 57.9 Å². The van der Waals surface area contributed by atoms with Crippen molar-refractivity contribution in [2.45, 2.75) is 64.8 Å². The summed E-state index contributed by atoms with van der Waals surface area (Å²) in [6.07, 6.45) is 7.72. The molecule has 0 aromatic heterocycles. The van der Waals surface area contributed by atoms with E-state index in [4.69, 9.17) is 0 Å². The normalized spacial score (nSPS) is 16.1. The third kappa shape index (κ3) is 5.38. The fourth-order valence-corrected chi connectivity index (χ4v) is 3.26. The van der Waals surface area contributed by atoms with Gasteiger partial charge in [0.05, 0.1) is 0 Å². The molecule has 1 aliphatic rings. The number of benzene rings is 1. The monoisotopic (exact) mass is 316 g/mol. The van der Waals surface area contributed by atoms with E-state index in [1.807, 2.05) is 12.1 Å². The summed E-state index contributed by atoms with van der Waals surface area (Å²) in [5.74, 6) is 0.00287. The van der Waals surface area contributed by atoms with Gasteiger partial charge in [-0.25, -0.2) is 0 Å². The number of hydrogen-bond donors (Lipinski definition) is 2. The Balaban J connectivity index is 1.98. The van der Waals surface area contributed by atoms with Crippen molar-refractivity contribution >= 4 is 17.5 Å². The predicted molar refractivity (Wildman–Crippen MR) is 93.2 cm³/mol. The van der Waals surface area contributed by atoms with Gasteiger partial charge < -0.3 is 10.6 Å². The van der Waals surface area contributed by atoms with E-state index >= 15 is 0 Å². The summed E-state index contributed by atoms with van der Waals surface area (Å²) >= 11 is 0. The van der Waals surface area contributed by atoms with Gasteiger partial charge in [-0.1, -0.05) is 38.3 Å². The first-order chi connectivity index (χ1) is 11.1. The Hall–Kier alpha value is -1.84. The smallest absolute Gasteiger partial charge is 0.247 e. The second kappa shape index (κ2) is 8.70. The van der Waals surface area contributed by atoms with E-state index in [1.165, 1.54) is 25.3 Å². The van der Waals surface area contributed by atoms with E-state index in [-0.39, 0.29) is 17.7 Å². The molecule has 0 heterocycles. The van der Waals surface area contributed by atoms with E-state index in [2.05, 4.69) is 29.7 Å². The highest BCUT2D eigenvalue weighted by molar-refractivity contribution is 5.97. The fraction of sp³-hybridized carbons (Fsp3) is 0.579. The lowest BCUT2D eigenvalue weighted by Crippen LogP contribution is -2.47. The van der Waals surface area contributed by atoms with Crippen LogP contribution in [0.15, 0.2) is 24.3 Å². The first kappa shape index (κ1) is 17.5. The van der Waals surface area contributed by atoms with Crippen LogP contribution in [0.25, 0.3) is 0 Å². The van der Waals surface area contributed by atoms with Crippen molar-refractivity contribution in [1.29, 1.82) is 0 Å². The van der Waals surface area contributed by atoms with E-state index in [0.29, 0.717) is 0 Å². The number of carbonyl (C=O) groups excluding carboxylic acids is 2. The van der Waals surface area contributed by atoms with E-state index in [0.717, 1.165) is 37.8 Å². The topological polar surface area (TPSA) is 58.2 Å². The summed E-state index contributed by atoms with van der Waals surface area (Å²) in [5, 5.41) is 5.78. The van der Waals surface area contributed by atoms with Crippen LogP contribution in [0.2, 0.25) is 0 Å². The average Bonchev–Trinajstić information content (AvgIpc) is 3.05. The number of hydrogen-bond acceptors (Lipinski definition) is 2. The van der Waals surface area contributed by atoms with Crippen LogP contribution < -0.4 is 10.6 Å². The van der Waals surface area contributed by atoms with Gasteiger partial charge in [0.1, 0.15) is 6.04 Å². The number of carbonyl (C=O) groups is 2. The average molecular weight is 316 g/mol. The minimum Gasteiger partial charge on any atom is -0.344 e. The van der Waals surface area contributed by atoms with Gasteiger partial charge in [-0.05, 0) is 49.3 Å². The highest BCUT2D eigenvalue weighted by Crippen LogP contribution is 2.28. The molecule has 0 spiro atoms. The third-order valence-electron chi connectivity index (χ3n) is 4.55. The molecule has 0 saturated heterocycles. The van der Waals surface area contributed by atoms with E-state index < -0.39 is 6.04 Å². The lowest BCUT2D eigenvalue weighted by molar-refractivity contribution is -0.126. The zero-order valence-electron chi connectivity index (χ0n) is 14.2. The SMILES string of the molecule is CCCCc1ccc(NC(=O)C(NC(C)=O)C2CCCC2)cc1. The van der Waals surface area contributed by atoms with Crippen LogP contribution >= 0.6 is 0 Å². The Morgan fingerprint density at radius 3 is 2.39 bits per heavy atom. The van der Waals surface area contributed by atoms with Gasteiger partial charge in [0.25, 0.3) is 0 Å². The number of anilines is 1. The summed E-state index contributed by atoms with van der Waals surface area (Å²) in [5.41, 5.74) is 2.09. The van der Waals surface area contributed by atoms with Crippen molar-refractivity contribution in [2.24, 2.45) is 5.92 Å². The molecule has 0 aliphatic heterocycles. The molecule has 1 atom stereocenters. The lowest BCUT2D eigenvalue weighted by Gasteiger charge is -2.23. The molecule has 1 aromatic carbocycles. The Morgan fingerprint density at radius 2 is 1.83 bits per heavy atom. The maximum Gasteiger partial charge on any atom is 0.247 e. The van der Waals surface area contributed by atoms with Crippen LogP contribution in [-0.4, -0.2) is 17.9 Å². The van der Waals surface area contributed by atoms with Crippen molar-refractivity contribution in [3.63, 3.8) is 0 Å². The van der Waals surface area contributed by atoms with Crippen molar-refractivity contribution in [2.75, 3.05) is 5.32 Å². The fourth-order valence-electron chi connectivity index (χ4n) is 3.26. The third-order valence-corrected chi connectivity index (χ3v) is 4.55. The molecule has 1 unspecified atom stereocenters. The molecule has 126 valence electrons. The number of aryl methyl sites for hydroxylation is 1. The highest BCUT2D eigenvalue weighted by atomic mass is 16.2. The summed E-state index contributed by atoms with van der Waals surface area (Å²) in [7, 11) is 0. The van der Waals surface area contributed by atoms with Gasteiger partial charge in [-0.3, -0.25) is 9.59 Å². The molecule has 4 nitrogen and oxygen atoms in total. The number of rotatable bonds is 7. The van der Waals surface area contributed by atoms with Crippen LogP contribution in [0.3, 0.4) is 0 Å². The molecule has 1 fully saturated rings. The second-order valence-corrected chi connectivity index (χ2v) is 6.51.